The van der Waals surface area contributed by atoms with Crippen molar-refractivity contribution in [1.29, 1.82) is 0 Å². The number of hydrogen-bond acceptors (Lipinski definition) is 4. The number of carbonyl (C=O) groups excluding carboxylic acids is 2. The summed E-state index contributed by atoms with van der Waals surface area (Å²) < 4.78 is 0. The predicted molar refractivity (Wildman–Crippen MR) is 114 cm³/mol. The van der Waals surface area contributed by atoms with E-state index in [2.05, 4.69) is 27.7 Å². The number of carbonyl (C=O) groups is 2. The third-order valence-corrected chi connectivity index (χ3v) is 5.28. The molecule has 3 rings (SSSR count). The summed E-state index contributed by atoms with van der Waals surface area (Å²) in [5, 5.41) is 7.69. The van der Waals surface area contributed by atoms with Gasteiger partial charge in [-0.1, -0.05) is 36.4 Å². The van der Waals surface area contributed by atoms with Crippen LogP contribution in [0.2, 0.25) is 0 Å². The Labute approximate surface area is 169 Å². The lowest BCUT2D eigenvalue weighted by atomic mass is 10.1. The van der Waals surface area contributed by atoms with Gasteiger partial charge in [0.25, 0.3) is 11.8 Å². The van der Waals surface area contributed by atoms with Crippen LogP contribution < -0.4 is 10.6 Å². The Morgan fingerprint density at radius 2 is 1.64 bits per heavy atom. The van der Waals surface area contributed by atoms with Gasteiger partial charge >= 0.3 is 0 Å². The lowest BCUT2D eigenvalue weighted by molar-refractivity contribution is 0.0941. The lowest BCUT2D eigenvalue weighted by Gasteiger charge is -2.25. The molecular weight excluding hydrogens is 370 g/mol. The molecule has 1 atom stereocenters. The van der Waals surface area contributed by atoms with Crippen molar-refractivity contribution in [3.63, 3.8) is 0 Å². The highest BCUT2D eigenvalue weighted by Gasteiger charge is 2.15. The molecule has 0 saturated carbocycles. The van der Waals surface area contributed by atoms with Crippen LogP contribution in [0.5, 0.6) is 0 Å². The maximum atomic E-state index is 12.5. The number of nitrogens with zero attached hydrogens (tertiary/aromatic N) is 1. The molecule has 1 heterocycles. The Morgan fingerprint density at radius 1 is 0.929 bits per heavy atom. The number of benzene rings is 2. The molecule has 0 radical (unpaired) electrons. The second-order valence-electron chi connectivity index (χ2n) is 6.61. The summed E-state index contributed by atoms with van der Waals surface area (Å²) in [6, 6.07) is 20.7. The van der Waals surface area contributed by atoms with Gasteiger partial charge in [-0.2, -0.15) is 0 Å². The number of nitrogens with one attached hydrogen (secondary N) is 2. The molecule has 2 aromatic carbocycles. The van der Waals surface area contributed by atoms with Crippen molar-refractivity contribution < 1.29 is 9.59 Å². The molecule has 2 N–H and O–H groups in total. The summed E-state index contributed by atoms with van der Waals surface area (Å²) >= 11 is 1.39. The van der Waals surface area contributed by atoms with E-state index in [-0.39, 0.29) is 17.9 Å². The van der Waals surface area contributed by atoms with E-state index in [1.165, 1.54) is 11.3 Å². The summed E-state index contributed by atoms with van der Waals surface area (Å²) in [4.78, 5) is 27.3. The van der Waals surface area contributed by atoms with Gasteiger partial charge in [-0.15, -0.1) is 11.3 Å². The zero-order valence-corrected chi connectivity index (χ0v) is 16.7. The van der Waals surface area contributed by atoms with Gasteiger partial charge in [-0.3, -0.25) is 9.59 Å². The van der Waals surface area contributed by atoms with Gasteiger partial charge in [0.05, 0.1) is 10.9 Å². The summed E-state index contributed by atoms with van der Waals surface area (Å²) in [6.07, 6.45) is 0. The molecule has 1 aromatic heterocycles. The minimum atomic E-state index is -0.149. The first-order chi connectivity index (χ1) is 13.5. The van der Waals surface area contributed by atoms with E-state index in [0.29, 0.717) is 22.7 Å². The zero-order chi connectivity index (χ0) is 19.9. The molecule has 144 valence electrons. The van der Waals surface area contributed by atoms with Crippen molar-refractivity contribution in [1.82, 2.24) is 10.2 Å². The monoisotopic (exact) mass is 393 g/mol. The van der Waals surface area contributed by atoms with Crippen LogP contribution in [0.25, 0.3) is 0 Å². The maximum Gasteiger partial charge on any atom is 0.265 e. The molecule has 3 aromatic rings. The molecule has 0 spiro atoms. The Morgan fingerprint density at radius 3 is 2.25 bits per heavy atom. The minimum Gasteiger partial charge on any atom is -0.350 e. The molecule has 5 nitrogen and oxygen atoms in total. The fourth-order valence-corrected chi connectivity index (χ4v) is 3.49. The molecule has 6 heteroatoms. The topological polar surface area (TPSA) is 61.4 Å². The Balaban J connectivity index is 1.59. The molecule has 0 aliphatic carbocycles. The molecular formula is C22H23N3O2S. The number of anilines is 1. The quantitative estimate of drug-likeness (QED) is 0.637. The van der Waals surface area contributed by atoms with Gasteiger partial charge in [0.1, 0.15) is 0 Å². The van der Waals surface area contributed by atoms with E-state index in [4.69, 9.17) is 0 Å². The van der Waals surface area contributed by atoms with Gasteiger partial charge in [0.2, 0.25) is 0 Å². The van der Waals surface area contributed by atoms with E-state index in [1.54, 1.807) is 30.3 Å². The number of hydrogen-bond donors (Lipinski definition) is 2. The number of likely N-dealkylation sites (N-methyl/N-ethyl adjacent to an activating group) is 1. The van der Waals surface area contributed by atoms with E-state index in [1.807, 2.05) is 43.7 Å². The van der Waals surface area contributed by atoms with Crippen molar-refractivity contribution in [3.8, 4) is 0 Å². The second kappa shape index (κ2) is 9.30. The molecule has 0 aliphatic heterocycles. The average Bonchev–Trinajstić information content (AvgIpc) is 3.24. The fraction of sp³-hybridized carbons (Fsp3) is 0.182. The number of thiophene rings is 1. The normalized spacial score (nSPS) is 11.8. The number of amides is 2. The smallest absolute Gasteiger partial charge is 0.265 e. The van der Waals surface area contributed by atoms with Gasteiger partial charge in [-0.25, -0.2) is 0 Å². The zero-order valence-electron chi connectivity index (χ0n) is 15.9. The second-order valence-corrected chi connectivity index (χ2v) is 7.56. The molecule has 0 bridgehead atoms. The summed E-state index contributed by atoms with van der Waals surface area (Å²) in [6.45, 7) is 0.507. The highest BCUT2D eigenvalue weighted by atomic mass is 32.1. The SMILES string of the molecule is CN(C)[C@@H](CNC(=O)c1ccc(NC(=O)c2cccs2)cc1)c1ccccc1. The van der Waals surface area contributed by atoms with Crippen molar-refractivity contribution >= 4 is 28.8 Å². The predicted octanol–water partition coefficient (Wildman–Crippen LogP) is 4.03. The minimum absolute atomic E-state index is 0.0921. The number of rotatable bonds is 7. The Kier molecular flexibility index (Phi) is 6.57. The summed E-state index contributed by atoms with van der Waals surface area (Å²) in [5.74, 6) is -0.289. The van der Waals surface area contributed by atoms with Crippen LogP contribution in [0.4, 0.5) is 5.69 Å². The van der Waals surface area contributed by atoms with Crippen molar-refractivity contribution in [2.75, 3.05) is 26.0 Å². The first kappa shape index (κ1) is 19.8. The largest absolute Gasteiger partial charge is 0.350 e. The van der Waals surface area contributed by atoms with Crippen LogP contribution in [0, 0.1) is 0 Å². The Hall–Kier alpha value is -2.96. The average molecular weight is 394 g/mol. The summed E-state index contributed by atoms with van der Waals surface area (Å²) in [5.41, 5.74) is 2.37. The first-order valence-corrected chi connectivity index (χ1v) is 9.87. The highest BCUT2D eigenvalue weighted by Crippen LogP contribution is 2.17. The molecule has 0 saturated heterocycles. The standard InChI is InChI=1S/C22H23N3O2S/c1-25(2)19(16-7-4-3-5-8-16)15-23-21(26)17-10-12-18(13-11-17)24-22(27)20-9-6-14-28-20/h3-14,19H,15H2,1-2H3,(H,23,26)(H,24,27)/t19-/m0/s1. The third kappa shape index (κ3) is 5.06. The molecule has 28 heavy (non-hydrogen) atoms. The highest BCUT2D eigenvalue weighted by molar-refractivity contribution is 7.12. The lowest BCUT2D eigenvalue weighted by Crippen LogP contribution is -2.34. The molecule has 2 amide bonds. The Bertz CT molecular complexity index is 907. The van der Waals surface area contributed by atoms with Crippen LogP contribution in [0.3, 0.4) is 0 Å². The molecule has 0 aliphatic rings. The van der Waals surface area contributed by atoms with Gasteiger partial charge < -0.3 is 15.5 Å². The van der Waals surface area contributed by atoms with Gasteiger partial charge in [0.15, 0.2) is 0 Å². The van der Waals surface area contributed by atoms with Gasteiger partial charge in [-0.05, 0) is 55.4 Å². The van der Waals surface area contributed by atoms with E-state index >= 15 is 0 Å². The maximum absolute atomic E-state index is 12.5. The van der Waals surface area contributed by atoms with E-state index in [0.717, 1.165) is 5.56 Å². The van der Waals surface area contributed by atoms with E-state index in [9.17, 15) is 9.59 Å². The third-order valence-electron chi connectivity index (χ3n) is 4.41. The van der Waals surface area contributed by atoms with Crippen molar-refractivity contribution in [3.05, 3.63) is 88.1 Å². The van der Waals surface area contributed by atoms with Crippen LogP contribution in [0.1, 0.15) is 31.6 Å². The fourth-order valence-electron chi connectivity index (χ4n) is 2.87. The van der Waals surface area contributed by atoms with E-state index < -0.39 is 0 Å². The molecule has 0 fully saturated rings. The molecule has 0 unspecified atom stereocenters. The first-order valence-electron chi connectivity index (χ1n) is 8.99. The van der Waals surface area contributed by atoms with Crippen LogP contribution in [-0.4, -0.2) is 37.4 Å². The van der Waals surface area contributed by atoms with Crippen molar-refractivity contribution in [2.45, 2.75) is 6.04 Å². The van der Waals surface area contributed by atoms with Crippen LogP contribution in [0.15, 0.2) is 72.1 Å². The van der Waals surface area contributed by atoms with Crippen molar-refractivity contribution in [2.24, 2.45) is 0 Å². The van der Waals surface area contributed by atoms with Gasteiger partial charge in [0, 0.05) is 17.8 Å². The van der Waals surface area contributed by atoms with Crippen LogP contribution in [-0.2, 0) is 0 Å². The summed E-state index contributed by atoms with van der Waals surface area (Å²) in [7, 11) is 3.99. The van der Waals surface area contributed by atoms with Crippen LogP contribution >= 0.6 is 11.3 Å².